The quantitative estimate of drug-likeness (QED) is 0.517. The molecule has 1 heterocycles. The molecule has 5 heteroatoms. The molecule has 0 radical (unpaired) electrons. The maximum absolute atomic E-state index is 11.6. The summed E-state index contributed by atoms with van der Waals surface area (Å²) in [7, 11) is 0. The zero-order valence-corrected chi connectivity index (χ0v) is 12.1. The van der Waals surface area contributed by atoms with Gasteiger partial charge in [-0.25, -0.2) is 4.79 Å². The predicted octanol–water partition coefficient (Wildman–Crippen LogP) is 1.57. The lowest BCUT2D eigenvalue weighted by molar-refractivity contribution is -0.137. The molecule has 0 spiro atoms. The first-order chi connectivity index (χ1) is 10.2. The lowest BCUT2D eigenvalue weighted by Crippen LogP contribution is -2.43. The smallest absolute Gasteiger partial charge is 0.348 e. The van der Waals surface area contributed by atoms with Crippen LogP contribution in [0.15, 0.2) is 29.8 Å². The Labute approximate surface area is 124 Å². The van der Waals surface area contributed by atoms with Gasteiger partial charge < -0.3 is 15.0 Å². The minimum Gasteiger partial charge on any atom is -0.462 e. The number of carbonyl (C=O) groups is 1. The summed E-state index contributed by atoms with van der Waals surface area (Å²) in [4.78, 5) is 13.9. The second-order valence-corrected chi connectivity index (χ2v) is 4.72. The Morgan fingerprint density at radius 2 is 2.24 bits per heavy atom. The second kappa shape index (κ2) is 7.46. The standard InChI is InChI=1S/C16H19N3O2/c1-2-21-16(20)14(12-17)10-13-4-3-5-15(11-13)19-8-6-18-7-9-19/h3-5,10-11,18H,2,6-9H2,1H3. The number of esters is 1. The lowest BCUT2D eigenvalue weighted by atomic mass is 10.1. The fourth-order valence-corrected chi connectivity index (χ4v) is 2.25. The monoisotopic (exact) mass is 285 g/mol. The van der Waals surface area contributed by atoms with Gasteiger partial charge >= 0.3 is 5.97 Å². The van der Waals surface area contributed by atoms with Gasteiger partial charge in [0.05, 0.1) is 6.61 Å². The molecule has 0 bridgehead atoms. The fraction of sp³-hybridized carbons (Fsp3) is 0.375. The van der Waals surface area contributed by atoms with Gasteiger partial charge in [-0.3, -0.25) is 0 Å². The Hall–Kier alpha value is -2.32. The average molecular weight is 285 g/mol. The number of piperazine rings is 1. The molecule has 1 fully saturated rings. The predicted molar refractivity (Wildman–Crippen MR) is 81.7 cm³/mol. The van der Waals surface area contributed by atoms with Crippen LogP contribution >= 0.6 is 0 Å². The summed E-state index contributed by atoms with van der Waals surface area (Å²) < 4.78 is 4.87. The van der Waals surface area contributed by atoms with E-state index in [-0.39, 0.29) is 12.2 Å². The van der Waals surface area contributed by atoms with Crippen molar-refractivity contribution in [1.29, 1.82) is 5.26 Å². The molecule has 0 atom stereocenters. The second-order valence-electron chi connectivity index (χ2n) is 4.72. The van der Waals surface area contributed by atoms with Crippen LogP contribution in [0.3, 0.4) is 0 Å². The van der Waals surface area contributed by atoms with Gasteiger partial charge in [0.15, 0.2) is 0 Å². The Morgan fingerprint density at radius 1 is 1.48 bits per heavy atom. The molecule has 5 nitrogen and oxygen atoms in total. The third-order valence-electron chi connectivity index (χ3n) is 3.28. The molecule has 1 saturated heterocycles. The Morgan fingerprint density at radius 3 is 2.90 bits per heavy atom. The number of nitrogens with zero attached hydrogens (tertiary/aromatic N) is 2. The number of benzene rings is 1. The van der Waals surface area contributed by atoms with Crippen LogP contribution in [0.5, 0.6) is 0 Å². The molecule has 0 aromatic heterocycles. The highest BCUT2D eigenvalue weighted by molar-refractivity contribution is 5.98. The van der Waals surface area contributed by atoms with Crippen molar-refractivity contribution < 1.29 is 9.53 Å². The van der Waals surface area contributed by atoms with Crippen LogP contribution in [0, 0.1) is 11.3 Å². The van der Waals surface area contributed by atoms with Gasteiger partial charge in [-0.1, -0.05) is 12.1 Å². The van der Waals surface area contributed by atoms with Gasteiger partial charge in [0, 0.05) is 31.9 Å². The largest absolute Gasteiger partial charge is 0.462 e. The molecule has 1 N–H and O–H groups in total. The van der Waals surface area contributed by atoms with Crippen molar-refractivity contribution >= 4 is 17.7 Å². The van der Waals surface area contributed by atoms with E-state index < -0.39 is 5.97 Å². The van der Waals surface area contributed by atoms with Crippen molar-refractivity contribution in [3.63, 3.8) is 0 Å². The summed E-state index contributed by atoms with van der Waals surface area (Å²) in [5.74, 6) is -0.576. The molecule has 1 aliphatic rings. The number of anilines is 1. The van der Waals surface area contributed by atoms with Crippen LogP contribution < -0.4 is 10.2 Å². The summed E-state index contributed by atoms with van der Waals surface area (Å²) in [6, 6.07) is 9.74. The zero-order chi connectivity index (χ0) is 15.1. The van der Waals surface area contributed by atoms with Crippen molar-refractivity contribution in [3.8, 4) is 6.07 Å². The maximum atomic E-state index is 11.6. The van der Waals surface area contributed by atoms with E-state index in [2.05, 4.69) is 10.2 Å². The van der Waals surface area contributed by atoms with Crippen molar-refractivity contribution in [2.24, 2.45) is 0 Å². The van der Waals surface area contributed by atoms with Crippen LogP contribution in [-0.2, 0) is 9.53 Å². The number of nitriles is 1. The van der Waals surface area contributed by atoms with Gasteiger partial charge in [-0.15, -0.1) is 0 Å². The molecule has 0 amide bonds. The highest BCUT2D eigenvalue weighted by Gasteiger charge is 2.12. The number of carbonyl (C=O) groups excluding carboxylic acids is 1. The van der Waals surface area contributed by atoms with E-state index >= 15 is 0 Å². The highest BCUT2D eigenvalue weighted by atomic mass is 16.5. The molecule has 21 heavy (non-hydrogen) atoms. The Bertz CT molecular complexity index is 569. The SMILES string of the molecule is CCOC(=O)C(C#N)=Cc1cccc(N2CCNCC2)c1. The fourth-order valence-electron chi connectivity index (χ4n) is 2.25. The van der Waals surface area contributed by atoms with Crippen molar-refractivity contribution in [2.75, 3.05) is 37.7 Å². The van der Waals surface area contributed by atoms with Gasteiger partial charge in [-0.05, 0) is 30.7 Å². The number of rotatable bonds is 4. The van der Waals surface area contributed by atoms with Gasteiger partial charge in [0.2, 0.25) is 0 Å². The highest BCUT2D eigenvalue weighted by Crippen LogP contribution is 2.18. The van der Waals surface area contributed by atoms with E-state index in [1.807, 2.05) is 30.3 Å². The van der Waals surface area contributed by atoms with Crippen LogP contribution in [0.1, 0.15) is 12.5 Å². The minimum absolute atomic E-state index is 0.0225. The maximum Gasteiger partial charge on any atom is 0.348 e. The van der Waals surface area contributed by atoms with E-state index in [1.165, 1.54) is 0 Å². The third-order valence-corrected chi connectivity index (χ3v) is 3.28. The molecule has 2 rings (SSSR count). The van der Waals surface area contributed by atoms with E-state index in [0.29, 0.717) is 0 Å². The summed E-state index contributed by atoms with van der Waals surface area (Å²) in [5.41, 5.74) is 1.95. The van der Waals surface area contributed by atoms with Crippen molar-refractivity contribution in [2.45, 2.75) is 6.92 Å². The summed E-state index contributed by atoms with van der Waals surface area (Å²) in [5, 5.41) is 12.4. The molecular formula is C16H19N3O2. The van der Waals surface area contributed by atoms with Crippen LogP contribution in [0.4, 0.5) is 5.69 Å². The minimum atomic E-state index is -0.576. The number of nitrogens with one attached hydrogen (secondary N) is 1. The summed E-state index contributed by atoms with van der Waals surface area (Å²) in [6.45, 7) is 5.82. The zero-order valence-electron chi connectivity index (χ0n) is 12.1. The average Bonchev–Trinajstić information content (AvgIpc) is 2.54. The number of hydrogen-bond acceptors (Lipinski definition) is 5. The molecule has 0 saturated carbocycles. The number of hydrogen-bond donors (Lipinski definition) is 1. The van der Waals surface area contributed by atoms with Gasteiger partial charge in [0.1, 0.15) is 11.6 Å². The molecular weight excluding hydrogens is 266 g/mol. The normalized spacial score (nSPS) is 15.4. The van der Waals surface area contributed by atoms with E-state index in [4.69, 9.17) is 10.00 Å². The van der Waals surface area contributed by atoms with Crippen LogP contribution in [-0.4, -0.2) is 38.8 Å². The Balaban J connectivity index is 2.20. The van der Waals surface area contributed by atoms with Crippen LogP contribution in [0.2, 0.25) is 0 Å². The molecule has 1 aliphatic heterocycles. The first kappa shape index (κ1) is 15.1. The molecule has 0 unspecified atom stereocenters. The van der Waals surface area contributed by atoms with Gasteiger partial charge in [-0.2, -0.15) is 5.26 Å². The van der Waals surface area contributed by atoms with Crippen molar-refractivity contribution in [1.82, 2.24) is 5.32 Å². The molecule has 1 aromatic rings. The summed E-state index contributed by atoms with van der Waals surface area (Å²) >= 11 is 0. The first-order valence-electron chi connectivity index (χ1n) is 7.09. The molecule has 1 aromatic carbocycles. The number of ether oxygens (including phenoxy) is 1. The molecule has 110 valence electrons. The van der Waals surface area contributed by atoms with E-state index in [9.17, 15) is 4.79 Å². The van der Waals surface area contributed by atoms with Gasteiger partial charge in [0.25, 0.3) is 0 Å². The van der Waals surface area contributed by atoms with Crippen molar-refractivity contribution in [3.05, 3.63) is 35.4 Å². The topological polar surface area (TPSA) is 65.4 Å². The van der Waals surface area contributed by atoms with E-state index in [1.54, 1.807) is 13.0 Å². The third kappa shape index (κ3) is 4.07. The Kier molecular flexibility index (Phi) is 5.35. The van der Waals surface area contributed by atoms with Crippen LogP contribution in [0.25, 0.3) is 6.08 Å². The lowest BCUT2D eigenvalue weighted by Gasteiger charge is -2.29. The molecule has 0 aliphatic carbocycles. The van der Waals surface area contributed by atoms with E-state index in [0.717, 1.165) is 37.4 Å². The summed E-state index contributed by atoms with van der Waals surface area (Å²) in [6.07, 6.45) is 1.57. The first-order valence-corrected chi connectivity index (χ1v) is 7.09.